The van der Waals surface area contributed by atoms with Gasteiger partial charge in [0.2, 0.25) is 17.5 Å². The molecule has 1 unspecified atom stereocenters. The molecule has 0 aliphatic carbocycles. The normalized spacial score (nSPS) is 19.9. The fourth-order valence-corrected chi connectivity index (χ4v) is 6.68. The van der Waals surface area contributed by atoms with Crippen LogP contribution in [0, 0.1) is 0 Å². The van der Waals surface area contributed by atoms with Crippen molar-refractivity contribution in [2.75, 3.05) is 18.0 Å². The Morgan fingerprint density at radius 2 is 1.91 bits per heavy atom. The number of nitrogens with zero attached hydrogens (tertiary/aromatic N) is 5. The van der Waals surface area contributed by atoms with Crippen LogP contribution in [0.5, 0.6) is 0 Å². The van der Waals surface area contributed by atoms with Gasteiger partial charge in [-0.05, 0) is 49.4 Å². The molecular weight excluding hydrogens is 603 g/mol. The van der Waals surface area contributed by atoms with Crippen molar-refractivity contribution in [2.24, 2.45) is 0 Å². The van der Waals surface area contributed by atoms with Crippen LogP contribution in [0.3, 0.4) is 0 Å². The zero-order chi connectivity index (χ0) is 30.6. The monoisotopic (exact) mass is 632 g/mol. The molecule has 3 aliphatic heterocycles. The van der Waals surface area contributed by atoms with Gasteiger partial charge in [0, 0.05) is 49.3 Å². The highest BCUT2D eigenvalue weighted by Crippen LogP contribution is 2.36. The van der Waals surface area contributed by atoms with Gasteiger partial charge in [0.1, 0.15) is 17.4 Å². The minimum atomic E-state index is -0.611. The number of anilines is 1. The third-order valence-electron chi connectivity index (χ3n) is 8.97. The van der Waals surface area contributed by atoms with Gasteiger partial charge in [-0.2, -0.15) is 5.10 Å². The van der Waals surface area contributed by atoms with Gasteiger partial charge >= 0.3 is 0 Å². The summed E-state index contributed by atoms with van der Waals surface area (Å²) in [5.41, 5.74) is 5.10. The standard InChI is InChI=1S/C31H30Cl2N8O3/c1-31(35-14-17-5-6-19-18(13-17)16-41(30(19)44)22-7-8-24(42)37-29(22)43)9-11-40(12-10-31)23-15-34-27-26(38-39-28(27)36-23)20-3-2-4-21(32)25(20)33/h2-6,13,15,22,35H,7-12,14,16H2,1H3,(H,36,38,39)(H,37,42,43). The minimum absolute atomic E-state index is 0.0789. The maximum atomic E-state index is 13.0. The summed E-state index contributed by atoms with van der Waals surface area (Å²) in [7, 11) is 0. The molecule has 2 fully saturated rings. The molecule has 0 saturated carbocycles. The number of hydrogen-bond acceptors (Lipinski definition) is 8. The maximum Gasteiger partial charge on any atom is 0.255 e. The quantitative estimate of drug-likeness (QED) is 0.269. The predicted molar refractivity (Wildman–Crippen MR) is 166 cm³/mol. The van der Waals surface area contributed by atoms with Crippen LogP contribution in [-0.4, -0.2) is 67.5 Å². The average molecular weight is 634 g/mol. The lowest BCUT2D eigenvalue weighted by Gasteiger charge is -2.40. The second-order valence-electron chi connectivity index (χ2n) is 11.9. The van der Waals surface area contributed by atoms with Gasteiger partial charge in [-0.3, -0.25) is 24.8 Å². The van der Waals surface area contributed by atoms with Crippen LogP contribution in [0.2, 0.25) is 10.0 Å². The van der Waals surface area contributed by atoms with Gasteiger partial charge < -0.3 is 15.1 Å². The molecule has 0 spiro atoms. The highest BCUT2D eigenvalue weighted by atomic mass is 35.5. The molecule has 226 valence electrons. The van der Waals surface area contributed by atoms with Crippen LogP contribution in [0.15, 0.2) is 42.6 Å². The van der Waals surface area contributed by atoms with Crippen molar-refractivity contribution in [1.29, 1.82) is 0 Å². The Bertz CT molecular complexity index is 1820. The number of piperidine rings is 2. The van der Waals surface area contributed by atoms with E-state index in [2.05, 4.69) is 37.6 Å². The lowest BCUT2D eigenvalue weighted by Crippen LogP contribution is -2.52. The lowest BCUT2D eigenvalue weighted by molar-refractivity contribution is -0.136. The van der Waals surface area contributed by atoms with Crippen molar-refractivity contribution in [3.63, 3.8) is 0 Å². The summed E-state index contributed by atoms with van der Waals surface area (Å²) in [6, 6.07) is 10.7. The van der Waals surface area contributed by atoms with E-state index in [1.807, 2.05) is 30.3 Å². The molecule has 3 amide bonds. The molecule has 1 atom stereocenters. The molecule has 11 nitrogen and oxygen atoms in total. The Morgan fingerprint density at radius 1 is 1.09 bits per heavy atom. The Hall–Kier alpha value is -4.06. The lowest BCUT2D eigenvalue weighted by atomic mass is 9.89. The first-order valence-corrected chi connectivity index (χ1v) is 15.4. The number of nitrogens with one attached hydrogen (secondary N) is 3. The van der Waals surface area contributed by atoms with Gasteiger partial charge in [-0.25, -0.2) is 9.97 Å². The molecule has 3 N–H and O–H groups in total. The summed E-state index contributed by atoms with van der Waals surface area (Å²) < 4.78 is 0. The minimum Gasteiger partial charge on any atom is -0.355 e. The van der Waals surface area contributed by atoms with Gasteiger partial charge in [0.05, 0.1) is 21.9 Å². The van der Waals surface area contributed by atoms with Crippen LogP contribution in [0.1, 0.15) is 54.1 Å². The van der Waals surface area contributed by atoms with E-state index in [1.54, 1.807) is 17.2 Å². The van der Waals surface area contributed by atoms with Crippen LogP contribution in [-0.2, 0) is 22.7 Å². The van der Waals surface area contributed by atoms with Gasteiger partial charge in [-0.15, -0.1) is 0 Å². The van der Waals surface area contributed by atoms with E-state index in [1.165, 1.54) is 0 Å². The van der Waals surface area contributed by atoms with Crippen molar-refractivity contribution in [3.05, 3.63) is 69.3 Å². The highest BCUT2D eigenvalue weighted by Gasteiger charge is 2.39. The summed E-state index contributed by atoms with van der Waals surface area (Å²) in [6.45, 7) is 4.87. The van der Waals surface area contributed by atoms with Crippen LogP contribution < -0.4 is 15.5 Å². The number of aromatic amines is 1. The molecule has 44 heavy (non-hydrogen) atoms. The first kappa shape index (κ1) is 28.7. The summed E-state index contributed by atoms with van der Waals surface area (Å²) in [6.07, 6.45) is 4.19. The SMILES string of the molecule is CC1(NCc2ccc3c(c2)CN(C2CCC(=O)NC2=O)C3=O)CCN(c2cnc3c(-c4cccc(Cl)c4Cl)[nH]nc3n2)CC1. The topological polar surface area (TPSA) is 136 Å². The molecule has 7 rings (SSSR count). The fraction of sp³-hybridized carbons (Fsp3) is 0.355. The van der Waals surface area contributed by atoms with Gasteiger partial charge in [-0.1, -0.05) is 47.5 Å². The van der Waals surface area contributed by atoms with E-state index < -0.39 is 11.9 Å². The van der Waals surface area contributed by atoms with E-state index >= 15 is 0 Å². The molecule has 2 aromatic heterocycles. The second-order valence-corrected chi connectivity index (χ2v) is 12.7. The zero-order valence-corrected chi connectivity index (χ0v) is 25.5. The average Bonchev–Trinajstić information content (AvgIpc) is 3.58. The Kier molecular flexibility index (Phi) is 7.26. The molecular formula is C31H30Cl2N8O3. The maximum absolute atomic E-state index is 13.0. The Labute approximate surface area is 263 Å². The van der Waals surface area contributed by atoms with Crippen LogP contribution >= 0.6 is 23.2 Å². The first-order valence-electron chi connectivity index (χ1n) is 14.6. The molecule has 5 heterocycles. The largest absolute Gasteiger partial charge is 0.355 e. The number of halogens is 2. The van der Waals surface area contributed by atoms with Crippen LogP contribution in [0.25, 0.3) is 22.4 Å². The summed E-state index contributed by atoms with van der Waals surface area (Å²) in [5, 5.41) is 14.4. The first-order chi connectivity index (χ1) is 21.2. The van der Waals surface area contributed by atoms with Crippen molar-refractivity contribution in [2.45, 2.75) is 57.3 Å². The van der Waals surface area contributed by atoms with E-state index in [9.17, 15) is 14.4 Å². The number of hydrogen-bond donors (Lipinski definition) is 3. The third-order valence-corrected chi connectivity index (χ3v) is 9.79. The Morgan fingerprint density at radius 3 is 2.70 bits per heavy atom. The number of amides is 3. The molecule has 4 aromatic rings. The van der Waals surface area contributed by atoms with E-state index in [-0.39, 0.29) is 23.8 Å². The summed E-state index contributed by atoms with van der Waals surface area (Å²) in [5.74, 6) is -0.0670. The van der Waals surface area contributed by atoms with Crippen LogP contribution in [0.4, 0.5) is 5.82 Å². The highest BCUT2D eigenvalue weighted by molar-refractivity contribution is 6.43. The summed E-state index contributed by atoms with van der Waals surface area (Å²) >= 11 is 12.6. The summed E-state index contributed by atoms with van der Waals surface area (Å²) in [4.78, 5) is 50.2. The van der Waals surface area contributed by atoms with Crippen molar-refractivity contribution < 1.29 is 14.4 Å². The van der Waals surface area contributed by atoms with E-state index in [4.69, 9.17) is 28.2 Å². The number of imide groups is 1. The molecule has 2 aromatic carbocycles. The molecule has 0 bridgehead atoms. The molecule has 3 aliphatic rings. The molecule has 13 heteroatoms. The number of benzene rings is 2. The molecule has 2 saturated heterocycles. The number of aromatic nitrogens is 4. The number of carbonyl (C=O) groups is 3. The number of H-pyrrole nitrogens is 1. The van der Waals surface area contributed by atoms with Crippen molar-refractivity contribution in [1.82, 2.24) is 35.7 Å². The predicted octanol–water partition coefficient (Wildman–Crippen LogP) is 4.24. The van der Waals surface area contributed by atoms with Crippen molar-refractivity contribution >= 4 is 57.9 Å². The smallest absolute Gasteiger partial charge is 0.255 e. The number of carbonyl (C=O) groups excluding carboxylic acids is 3. The Balaban J connectivity index is 0.976. The van der Waals surface area contributed by atoms with E-state index in [0.717, 1.165) is 48.4 Å². The number of fused-ring (bicyclic) bond motifs is 2. The van der Waals surface area contributed by atoms with Gasteiger partial charge in [0.25, 0.3) is 5.91 Å². The molecule has 0 radical (unpaired) electrons. The van der Waals surface area contributed by atoms with E-state index in [0.29, 0.717) is 52.0 Å². The zero-order valence-electron chi connectivity index (χ0n) is 24.0. The number of rotatable bonds is 6. The van der Waals surface area contributed by atoms with Crippen molar-refractivity contribution in [3.8, 4) is 11.3 Å². The second kappa shape index (κ2) is 11.1. The third kappa shape index (κ3) is 5.18. The van der Waals surface area contributed by atoms with Gasteiger partial charge in [0.15, 0.2) is 0 Å². The fourth-order valence-electron chi connectivity index (χ4n) is 6.28.